The van der Waals surface area contributed by atoms with Crippen molar-refractivity contribution in [2.24, 2.45) is 0 Å². The molecule has 2 heterocycles. The molecule has 0 atom stereocenters. The van der Waals surface area contributed by atoms with E-state index in [1.54, 1.807) is 49.6 Å². The van der Waals surface area contributed by atoms with Gasteiger partial charge in [-0.25, -0.2) is 13.4 Å². The third-order valence-electron chi connectivity index (χ3n) is 4.27. The van der Waals surface area contributed by atoms with Gasteiger partial charge >= 0.3 is 0 Å². The number of rotatable bonds is 4. The van der Waals surface area contributed by atoms with Crippen molar-refractivity contribution in [1.82, 2.24) is 9.97 Å². The zero-order valence-electron chi connectivity index (χ0n) is 14.7. The highest BCUT2D eigenvalue weighted by Gasteiger charge is 2.20. The van der Waals surface area contributed by atoms with Gasteiger partial charge in [0, 0.05) is 23.0 Å². The first-order valence-corrected chi connectivity index (χ1v) is 10.6. The molecule has 0 amide bonds. The topological polar surface area (TPSA) is 72.0 Å². The van der Waals surface area contributed by atoms with Crippen LogP contribution in [0, 0.1) is 0 Å². The van der Waals surface area contributed by atoms with E-state index in [4.69, 9.17) is 0 Å². The van der Waals surface area contributed by atoms with Gasteiger partial charge in [0.25, 0.3) is 0 Å². The maximum absolute atomic E-state index is 12.5. The van der Waals surface area contributed by atoms with E-state index in [9.17, 15) is 8.42 Å². The lowest BCUT2D eigenvalue weighted by atomic mass is 10.2. The van der Waals surface area contributed by atoms with Crippen molar-refractivity contribution in [1.29, 1.82) is 0 Å². The zero-order chi connectivity index (χ0) is 18.3. The average Bonchev–Trinajstić information content (AvgIpc) is 3.09. The van der Waals surface area contributed by atoms with E-state index in [0.717, 1.165) is 32.5 Å². The molecule has 0 aliphatic heterocycles. The molecule has 0 bridgehead atoms. The van der Waals surface area contributed by atoms with Crippen molar-refractivity contribution < 1.29 is 8.42 Å². The van der Waals surface area contributed by atoms with E-state index in [0.29, 0.717) is 4.90 Å². The van der Waals surface area contributed by atoms with Crippen molar-refractivity contribution in [2.45, 2.75) is 24.0 Å². The van der Waals surface area contributed by atoms with Gasteiger partial charge in [0.05, 0.1) is 31.4 Å². The molecule has 1 N–H and O–H groups in total. The molecule has 0 unspecified atom stereocenters. The largest absolute Gasteiger partial charge is 0.355 e. The average molecular weight is 420 g/mol. The number of halogens is 1. The van der Waals surface area contributed by atoms with Crippen LogP contribution in [0.3, 0.4) is 0 Å². The Morgan fingerprint density at radius 2 is 1.81 bits per heavy atom. The van der Waals surface area contributed by atoms with E-state index in [1.165, 1.54) is 0 Å². The van der Waals surface area contributed by atoms with E-state index in [2.05, 4.69) is 15.3 Å². The molecule has 2 aromatic heterocycles. The van der Waals surface area contributed by atoms with Crippen molar-refractivity contribution in [3.05, 3.63) is 54.2 Å². The van der Waals surface area contributed by atoms with Crippen LogP contribution in [0.5, 0.6) is 0 Å². The standard InChI is InChI=1S/C19H17N3O2S2.ClH/c1-12(2)26(23,24)14-4-5-16-15(10-14)17(7-8-20-16)22-13-3-6-19-18(9-13)21-11-25-19;/h3-12H,1-2H3,(H,20,22);1H. The van der Waals surface area contributed by atoms with Crippen LogP contribution in [0.25, 0.3) is 21.1 Å². The molecule has 0 saturated carbocycles. The number of nitrogens with one attached hydrogen (secondary N) is 1. The number of thiazole rings is 1. The first-order valence-electron chi connectivity index (χ1n) is 8.18. The van der Waals surface area contributed by atoms with Gasteiger partial charge < -0.3 is 5.32 Å². The van der Waals surface area contributed by atoms with Gasteiger partial charge in [0.1, 0.15) is 0 Å². The highest BCUT2D eigenvalue weighted by atomic mass is 35.5. The molecular weight excluding hydrogens is 402 g/mol. The normalized spacial score (nSPS) is 11.7. The lowest BCUT2D eigenvalue weighted by molar-refractivity contribution is 0.587. The molecule has 4 aromatic rings. The Morgan fingerprint density at radius 1 is 1.00 bits per heavy atom. The van der Waals surface area contributed by atoms with Crippen molar-refractivity contribution in [2.75, 3.05) is 5.32 Å². The van der Waals surface area contributed by atoms with Gasteiger partial charge in [-0.15, -0.1) is 23.7 Å². The van der Waals surface area contributed by atoms with Gasteiger partial charge in [-0.3, -0.25) is 4.98 Å². The lowest BCUT2D eigenvalue weighted by Gasteiger charge is -2.12. The molecule has 2 aromatic carbocycles. The predicted molar refractivity (Wildman–Crippen MR) is 114 cm³/mol. The summed E-state index contributed by atoms with van der Waals surface area (Å²) in [6.45, 7) is 3.37. The fourth-order valence-electron chi connectivity index (χ4n) is 2.77. The van der Waals surface area contributed by atoms with E-state index >= 15 is 0 Å². The van der Waals surface area contributed by atoms with Crippen LogP contribution in [-0.2, 0) is 9.84 Å². The minimum Gasteiger partial charge on any atom is -0.355 e. The van der Waals surface area contributed by atoms with Crippen molar-refractivity contribution >= 4 is 66.1 Å². The highest BCUT2D eigenvalue weighted by molar-refractivity contribution is 7.92. The summed E-state index contributed by atoms with van der Waals surface area (Å²) in [7, 11) is -3.34. The van der Waals surface area contributed by atoms with Crippen LogP contribution in [0.1, 0.15) is 13.8 Å². The lowest BCUT2D eigenvalue weighted by Crippen LogP contribution is -2.13. The Labute approximate surface area is 167 Å². The summed E-state index contributed by atoms with van der Waals surface area (Å²) in [4.78, 5) is 8.99. The van der Waals surface area contributed by atoms with Crippen LogP contribution in [0.4, 0.5) is 11.4 Å². The summed E-state index contributed by atoms with van der Waals surface area (Å²) >= 11 is 1.60. The minimum atomic E-state index is -3.34. The predicted octanol–water partition coefficient (Wildman–Crippen LogP) is 5.19. The molecular formula is C19H18ClN3O2S2. The quantitative estimate of drug-likeness (QED) is 0.492. The Balaban J connectivity index is 0.00000210. The second-order valence-electron chi connectivity index (χ2n) is 6.29. The molecule has 5 nitrogen and oxygen atoms in total. The molecule has 0 fully saturated rings. The number of nitrogens with zero attached hydrogens (tertiary/aromatic N) is 2. The third kappa shape index (κ3) is 3.63. The molecule has 8 heteroatoms. The summed E-state index contributed by atoms with van der Waals surface area (Å²) in [5.74, 6) is 0. The van der Waals surface area contributed by atoms with E-state index in [1.807, 2.05) is 29.8 Å². The molecule has 0 radical (unpaired) electrons. The van der Waals surface area contributed by atoms with Gasteiger partial charge in [-0.05, 0) is 56.3 Å². The summed E-state index contributed by atoms with van der Waals surface area (Å²) in [5.41, 5.74) is 5.20. The fraction of sp³-hybridized carbons (Fsp3) is 0.158. The number of pyridine rings is 1. The number of fused-ring (bicyclic) bond motifs is 2. The number of anilines is 2. The third-order valence-corrected chi connectivity index (χ3v) is 7.23. The smallest absolute Gasteiger partial charge is 0.180 e. The van der Waals surface area contributed by atoms with Crippen molar-refractivity contribution in [3.63, 3.8) is 0 Å². The maximum atomic E-state index is 12.5. The molecule has 27 heavy (non-hydrogen) atoms. The molecule has 0 aliphatic rings. The Morgan fingerprint density at radius 3 is 2.59 bits per heavy atom. The Hall–Kier alpha value is -2.22. The summed E-state index contributed by atoms with van der Waals surface area (Å²) in [5, 5.41) is 3.67. The Kier molecular flexibility index (Phi) is 5.37. The number of sulfone groups is 1. The van der Waals surface area contributed by atoms with E-state index < -0.39 is 15.1 Å². The monoisotopic (exact) mass is 419 g/mol. The SMILES string of the molecule is CC(C)S(=O)(=O)c1ccc2nccc(Nc3ccc4scnc4c3)c2c1.Cl. The van der Waals surface area contributed by atoms with Gasteiger partial charge in [-0.2, -0.15) is 0 Å². The minimum absolute atomic E-state index is 0. The first-order chi connectivity index (χ1) is 12.4. The second kappa shape index (κ2) is 7.42. The molecule has 0 aliphatic carbocycles. The summed E-state index contributed by atoms with van der Waals surface area (Å²) in [6.07, 6.45) is 1.71. The van der Waals surface area contributed by atoms with Crippen LogP contribution >= 0.6 is 23.7 Å². The van der Waals surface area contributed by atoms with Crippen LogP contribution < -0.4 is 5.32 Å². The molecule has 4 rings (SSSR count). The van der Waals surface area contributed by atoms with Gasteiger partial charge in [0.2, 0.25) is 0 Å². The number of benzene rings is 2. The van der Waals surface area contributed by atoms with Crippen LogP contribution in [0.2, 0.25) is 0 Å². The second-order valence-corrected chi connectivity index (χ2v) is 9.68. The number of hydrogen-bond acceptors (Lipinski definition) is 6. The molecule has 0 saturated heterocycles. The maximum Gasteiger partial charge on any atom is 0.180 e. The zero-order valence-corrected chi connectivity index (χ0v) is 17.2. The summed E-state index contributed by atoms with van der Waals surface area (Å²) < 4.78 is 26.2. The first kappa shape index (κ1) is 19.5. The van der Waals surface area contributed by atoms with Crippen LogP contribution in [-0.4, -0.2) is 23.6 Å². The Bertz CT molecular complexity index is 1220. The van der Waals surface area contributed by atoms with Gasteiger partial charge in [0.15, 0.2) is 9.84 Å². The van der Waals surface area contributed by atoms with Crippen LogP contribution in [0.15, 0.2) is 59.1 Å². The van der Waals surface area contributed by atoms with Crippen molar-refractivity contribution in [3.8, 4) is 0 Å². The summed E-state index contributed by atoms with van der Waals surface area (Å²) in [6, 6.07) is 12.9. The number of aromatic nitrogens is 2. The highest BCUT2D eigenvalue weighted by Crippen LogP contribution is 2.30. The van der Waals surface area contributed by atoms with Gasteiger partial charge in [-0.1, -0.05) is 0 Å². The fourth-order valence-corrected chi connectivity index (χ4v) is 4.52. The molecule has 140 valence electrons. The molecule has 0 spiro atoms. The number of hydrogen-bond donors (Lipinski definition) is 1. The van der Waals surface area contributed by atoms with E-state index in [-0.39, 0.29) is 12.4 Å².